The molecule has 1 saturated heterocycles. The van der Waals surface area contributed by atoms with E-state index in [-0.39, 0.29) is 11.8 Å². The van der Waals surface area contributed by atoms with Crippen LogP contribution in [0.2, 0.25) is 0 Å². The van der Waals surface area contributed by atoms with Gasteiger partial charge in [-0.25, -0.2) is 0 Å². The van der Waals surface area contributed by atoms with E-state index in [2.05, 4.69) is 16.2 Å². The summed E-state index contributed by atoms with van der Waals surface area (Å²) in [6, 6.07) is 8.92. The number of piperidine rings is 1. The molecule has 4 rings (SSSR count). The number of rotatable bonds is 7. The van der Waals surface area contributed by atoms with Crippen LogP contribution in [0.1, 0.15) is 72.1 Å². The average Bonchev–Trinajstić information content (AvgIpc) is 3.49. The quantitative estimate of drug-likeness (QED) is 0.649. The minimum absolute atomic E-state index is 0.0440. The molecule has 7 heteroatoms. The summed E-state index contributed by atoms with van der Waals surface area (Å²) in [5.74, 6) is 1.97. The summed E-state index contributed by atoms with van der Waals surface area (Å²) in [5, 5.41) is 13.2. The highest BCUT2D eigenvalue weighted by Gasteiger charge is 2.29. The van der Waals surface area contributed by atoms with Gasteiger partial charge >= 0.3 is 0 Å². The lowest BCUT2D eigenvalue weighted by atomic mass is 9.97. The maximum atomic E-state index is 12.9. The van der Waals surface area contributed by atoms with Gasteiger partial charge in [-0.2, -0.15) is 10.2 Å². The first-order valence-electron chi connectivity index (χ1n) is 10.9. The van der Waals surface area contributed by atoms with Gasteiger partial charge in [0.05, 0.1) is 24.2 Å². The van der Waals surface area contributed by atoms with Crippen LogP contribution in [0.25, 0.3) is 0 Å². The second-order valence-corrected chi connectivity index (χ2v) is 8.31. The summed E-state index contributed by atoms with van der Waals surface area (Å²) in [6.07, 6.45) is 7.67. The summed E-state index contributed by atoms with van der Waals surface area (Å²) in [5.41, 5.74) is 1.03. The molecular formula is C23H28N4O3. The van der Waals surface area contributed by atoms with Crippen LogP contribution in [0, 0.1) is 17.2 Å². The lowest BCUT2D eigenvalue weighted by Crippen LogP contribution is -2.39. The molecule has 0 N–H and O–H groups in total. The van der Waals surface area contributed by atoms with E-state index >= 15 is 0 Å². The normalized spacial score (nSPS) is 19.7. The Kier molecular flexibility index (Phi) is 6.75. The molecule has 1 atom stereocenters. The second kappa shape index (κ2) is 9.86. The molecule has 1 unspecified atom stereocenters. The van der Waals surface area contributed by atoms with E-state index in [1.165, 1.54) is 25.7 Å². The topological polar surface area (TPSA) is 92.2 Å². The van der Waals surface area contributed by atoms with Crippen molar-refractivity contribution in [2.24, 2.45) is 5.92 Å². The maximum absolute atomic E-state index is 12.9. The van der Waals surface area contributed by atoms with Crippen molar-refractivity contribution in [1.29, 1.82) is 5.26 Å². The van der Waals surface area contributed by atoms with Crippen LogP contribution in [-0.2, 0) is 11.2 Å². The highest BCUT2D eigenvalue weighted by atomic mass is 16.5. The Labute approximate surface area is 177 Å². The van der Waals surface area contributed by atoms with Crippen LogP contribution in [0.5, 0.6) is 0 Å². The van der Waals surface area contributed by atoms with Crippen LogP contribution in [0.3, 0.4) is 0 Å². The number of nitriles is 1. The molecule has 1 aromatic carbocycles. The van der Waals surface area contributed by atoms with Crippen molar-refractivity contribution in [1.82, 2.24) is 15.0 Å². The van der Waals surface area contributed by atoms with Crippen molar-refractivity contribution in [2.75, 3.05) is 26.3 Å². The van der Waals surface area contributed by atoms with Gasteiger partial charge in [0.15, 0.2) is 5.82 Å². The predicted molar refractivity (Wildman–Crippen MR) is 110 cm³/mol. The fraction of sp³-hybridized carbons (Fsp3) is 0.565. The van der Waals surface area contributed by atoms with Gasteiger partial charge in [0, 0.05) is 31.7 Å². The molecule has 1 aliphatic heterocycles. The fourth-order valence-electron chi connectivity index (χ4n) is 4.39. The van der Waals surface area contributed by atoms with Gasteiger partial charge in [-0.05, 0) is 49.8 Å². The molecule has 7 nitrogen and oxygen atoms in total. The van der Waals surface area contributed by atoms with Gasteiger partial charge in [-0.15, -0.1) is 0 Å². The third-order valence-corrected chi connectivity index (χ3v) is 6.08. The van der Waals surface area contributed by atoms with Crippen LogP contribution in [0.15, 0.2) is 28.8 Å². The first-order valence-corrected chi connectivity index (χ1v) is 10.9. The van der Waals surface area contributed by atoms with Crippen molar-refractivity contribution in [3.63, 3.8) is 0 Å². The number of nitrogens with zero attached hydrogens (tertiary/aromatic N) is 4. The number of hydrogen-bond acceptors (Lipinski definition) is 6. The van der Waals surface area contributed by atoms with Crippen LogP contribution >= 0.6 is 0 Å². The molecule has 2 aromatic rings. The number of amides is 1. The average molecular weight is 409 g/mol. The van der Waals surface area contributed by atoms with E-state index in [9.17, 15) is 4.79 Å². The minimum Gasteiger partial charge on any atom is -0.381 e. The third kappa shape index (κ3) is 5.06. The van der Waals surface area contributed by atoms with Crippen molar-refractivity contribution < 1.29 is 14.1 Å². The van der Waals surface area contributed by atoms with E-state index in [0.717, 1.165) is 19.4 Å². The molecule has 0 bridgehead atoms. The van der Waals surface area contributed by atoms with Gasteiger partial charge in [0.25, 0.3) is 5.91 Å². The molecule has 0 radical (unpaired) electrons. The third-order valence-electron chi connectivity index (χ3n) is 6.08. The zero-order chi connectivity index (χ0) is 20.8. The molecule has 158 valence electrons. The number of likely N-dealkylation sites (tertiary alicyclic amines) is 1. The van der Waals surface area contributed by atoms with Gasteiger partial charge < -0.3 is 14.2 Å². The zero-order valence-electron chi connectivity index (χ0n) is 17.3. The van der Waals surface area contributed by atoms with Crippen molar-refractivity contribution in [3.8, 4) is 6.07 Å². The molecular weight excluding hydrogens is 380 g/mol. The second-order valence-electron chi connectivity index (χ2n) is 8.31. The van der Waals surface area contributed by atoms with E-state index in [4.69, 9.17) is 14.5 Å². The Bertz CT molecular complexity index is 898. The van der Waals surface area contributed by atoms with Crippen molar-refractivity contribution in [3.05, 3.63) is 47.1 Å². The smallest absolute Gasteiger partial charge is 0.253 e. The molecule has 2 aliphatic rings. The molecule has 30 heavy (non-hydrogen) atoms. The lowest BCUT2D eigenvalue weighted by Gasteiger charge is -2.31. The molecule has 1 amide bonds. The van der Waals surface area contributed by atoms with Crippen molar-refractivity contribution >= 4 is 5.91 Å². The van der Waals surface area contributed by atoms with Crippen LogP contribution in [-0.4, -0.2) is 47.3 Å². The first-order chi connectivity index (χ1) is 14.7. The maximum Gasteiger partial charge on any atom is 0.253 e. The van der Waals surface area contributed by atoms with Crippen molar-refractivity contribution in [2.45, 2.75) is 50.9 Å². The van der Waals surface area contributed by atoms with Gasteiger partial charge in [-0.3, -0.25) is 4.79 Å². The Balaban J connectivity index is 1.30. The van der Waals surface area contributed by atoms with Crippen LogP contribution < -0.4 is 0 Å². The van der Waals surface area contributed by atoms with E-state index in [1.54, 1.807) is 24.3 Å². The summed E-state index contributed by atoms with van der Waals surface area (Å²) >= 11 is 0. The van der Waals surface area contributed by atoms with E-state index < -0.39 is 0 Å². The Morgan fingerprint density at radius 2 is 2.13 bits per heavy atom. The number of carbonyl (C=O) groups excluding carboxylic acids is 1. The SMILES string of the molecule is N#Cc1cccc(C(=O)N2CCCC(c3nc(CCOCC4CCCC4)no3)C2)c1. The molecule has 2 fully saturated rings. The summed E-state index contributed by atoms with van der Waals surface area (Å²) in [7, 11) is 0. The Morgan fingerprint density at radius 3 is 2.97 bits per heavy atom. The fourth-order valence-corrected chi connectivity index (χ4v) is 4.39. The van der Waals surface area contributed by atoms with Gasteiger partial charge in [0.1, 0.15) is 0 Å². The van der Waals surface area contributed by atoms with Gasteiger partial charge in [0.2, 0.25) is 5.89 Å². The Morgan fingerprint density at radius 1 is 1.27 bits per heavy atom. The molecule has 2 heterocycles. The Hall–Kier alpha value is -2.72. The predicted octanol–water partition coefficient (Wildman–Crippen LogP) is 3.71. The number of ether oxygens (including phenoxy) is 1. The van der Waals surface area contributed by atoms with Crippen LogP contribution in [0.4, 0.5) is 0 Å². The molecule has 0 spiro atoms. The zero-order valence-corrected chi connectivity index (χ0v) is 17.3. The monoisotopic (exact) mass is 408 g/mol. The number of carbonyl (C=O) groups is 1. The molecule has 1 aromatic heterocycles. The summed E-state index contributed by atoms with van der Waals surface area (Å²) in [6.45, 7) is 2.69. The summed E-state index contributed by atoms with van der Waals surface area (Å²) in [4.78, 5) is 19.2. The van der Waals surface area contributed by atoms with Gasteiger partial charge in [-0.1, -0.05) is 24.1 Å². The number of hydrogen-bond donors (Lipinski definition) is 0. The number of aromatic nitrogens is 2. The molecule has 1 aliphatic carbocycles. The highest BCUT2D eigenvalue weighted by molar-refractivity contribution is 5.94. The highest BCUT2D eigenvalue weighted by Crippen LogP contribution is 2.27. The van der Waals surface area contributed by atoms with E-state index in [1.807, 2.05) is 4.90 Å². The van der Waals surface area contributed by atoms with E-state index in [0.29, 0.717) is 54.9 Å². The largest absolute Gasteiger partial charge is 0.381 e. The first kappa shape index (κ1) is 20.5. The molecule has 1 saturated carbocycles. The lowest BCUT2D eigenvalue weighted by molar-refractivity contribution is 0.0695. The number of benzene rings is 1. The standard InChI is InChI=1S/C23H28N4O3/c24-14-18-7-3-8-19(13-18)23(28)27-11-4-9-20(15-27)22-25-21(26-30-22)10-12-29-16-17-5-1-2-6-17/h3,7-8,13,17,20H,1-2,4-6,9-12,15-16H2. The summed E-state index contributed by atoms with van der Waals surface area (Å²) < 4.78 is 11.3. The minimum atomic E-state index is -0.0585.